The second-order valence-electron chi connectivity index (χ2n) is 12.3. The van der Waals surface area contributed by atoms with Crippen LogP contribution in [0.25, 0.3) is 0 Å². The molecule has 0 spiro atoms. The molecule has 0 unspecified atom stereocenters. The van der Waals surface area contributed by atoms with Crippen LogP contribution >= 0.6 is 31.9 Å². The maximum Gasteiger partial charge on any atom is 0.147 e. The Hall–Kier alpha value is -5.50. The van der Waals surface area contributed by atoms with Crippen molar-refractivity contribution in [1.29, 1.82) is 0 Å². The lowest BCUT2D eigenvalue weighted by molar-refractivity contribution is 0.455. The Balaban J connectivity index is 1.47. The third kappa shape index (κ3) is 8.01. The number of hydrogen-bond acceptors (Lipinski definition) is 5. The lowest BCUT2D eigenvalue weighted by Crippen LogP contribution is -2.14. The Morgan fingerprint density at radius 1 is 0.385 bits per heavy atom. The van der Waals surface area contributed by atoms with Crippen LogP contribution in [0, 0.1) is 20.8 Å². The molecule has 0 saturated heterocycles. The second kappa shape index (κ2) is 15.8. The van der Waals surface area contributed by atoms with E-state index in [1.165, 1.54) is 5.56 Å². The highest BCUT2D eigenvalue weighted by molar-refractivity contribution is 9.11. The Kier molecular flexibility index (Phi) is 10.6. The van der Waals surface area contributed by atoms with E-state index in [9.17, 15) is 0 Å². The number of benzene rings is 7. The molecule has 0 N–H and O–H groups in total. The molecule has 0 radical (unpaired) electrons. The zero-order valence-electron chi connectivity index (χ0n) is 28.8. The number of ether oxygens (including phenoxy) is 4. The third-order valence-electron chi connectivity index (χ3n) is 8.24. The monoisotopic (exact) mass is 811 g/mol. The van der Waals surface area contributed by atoms with Gasteiger partial charge in [0.2, 0.25) is 0 Å². The Morgan fingerprint density at radius 3 is 0.923 bits per heavy atom. The zero-order valence-corrected chi connectivity index (χ0v) is 32.0. The van der Waals surface area contributed by atoms with Crippen molar-refractivity contribution in [3.63, 3.8) is 0 Å². The lowest BCUT2D eigenvalue weighted by Gasteiger charge is -2.31. The van der Waals surface area contributed by atoms with E-state index in [-0.39, 0.29) is 0 Å². The van der Waals surface area contributed by atoms with Crippen LogP contribution in [-0.4, -0.2) is 0 Å². The number of hydrogen-bond donors (Lipinski definition) is 0. The van der Waals surface area contributed by atoms with Gasteiger partial charge in [-0.2, -0.15) is 0 Å². The van der Waals surface area contributed by atoms with Gasteiger partial charge in [0.15, 0.2) is 0 Å². The van der Waals surface area contributed by atoms with E-state index in [1.807, 2.05) is 146 Å². The second-order valence-corrected chi connectivity index (χ2v) is 13.8. The van der Waals surface area contributed by atoms with Gasteiger partial charge in [-0.3, -0.25) is 0 Å². The number of anilines is 3. The fourth-order valence-corrected chi connectivity index (χ4v) is 6.85. The third-order valence-corrected chi connectivity index (χ3v) is 9.80. The summed E-state index contributed by atoms with van der Waals surface area (Å²) in [6, 6.07) is 51.3. The molecule has 0 atom stereocenters. The summed E-state index contributed by atoms with van der Waals surface area (Å²) in [4.78, 5) is 2.20. The first-order chi connectivity index (χ1) is 25.3. The highest BCUT2D eigenvalue weighted by Crippen LogP contribution is 2.50. The van der Waals surface area contributed by atoms with Crippen molar-refractivity contribution in [1.82, 2.24) is 0 Å². The zero-order chi connectivity index (χ0) is 36.0. The molecular formula is C45H35Br2NO4. The molecule has 5 nitrogen and oxygen atoms in total. The standard InChI is InChI=1S/C45H35Br2NO4/c1-30-24-31(2)45(32(3)25-30)48(33-26-39(49-35-16-8-4-9-17-35)43(46)40(27-33)50-36-18-10-5-11-19-36)34-28-41(51-37-20-12-6-13-21-37)44(47)42(29-34)52-38-22-14-7-15-23-38/h4-29H,1-3H3. The minimum atomic E-state index is 0.584. The average Bonchev–Trinajstić information content (AvgIpc) is 3.15. The van der Waals surface area contributed by atoms with Crippen LogP contribution in [-0.2, 0) is 0 Å². The van der Waals surface area contributed by atoms with Crippen molar-refractivity contribution in [2.24, 2.45) is 0 Å². The summed E-state index contributed by atoms with van der Waals surface area (Å²) in [5.41, 5.74) is 5.96. The molecule has 7 aromatic rings. The molecule has 258 valence electrons. The summed E-state index contributed by atoms with van der Waals surface area (Å²) >= 11 is 7.65. The summed E-state index contributed by atoms with van der Waals surface area (Å²) in [6.45, 7) is 6.37. The van der Waals surface area contributed by atoms with Gasteiger partial charge in [-0.25, -0.2) is 0 Å². The molecule has 0 bridgehead atoms. The smallest absolute Gasteiger partial charge is 0.147 e. The molecule has 7 aromatic carbocycles. The fourth-order valence-electron chi connectivity index (χ4n) is 6.07. The van der Waals surface area contributed by atoms with Gasteiger partial charge in [-0.05, 0) is 112 Å². The Morgan fingerprint density at radius 2 is 0.654 bits per heavy atom. The van der Waals surface area contributed by atoms with Gasteiger partial charge in [0.05, 0.1) is 17.1 Å². The van der Waals surface area contributed by atoms with E-state index >= 15 is 0 Å². The summed E-state index contributed by atoms with van der Waals surface area (Å²) < 4.78 is 27.5. The molecule has 0 aliphatic rings. The quantitative estimate of drug-likeness (QED) is 0.130. The molecular weight excluding hydrogens is 778 g/mol. The number of aryl methyl sites for hydroxylation is 3. The highest BCUT2D eigenvalue weighted by Gasteiger charge is 2.25. The number of para-hydroxylation sites is 4. The predicted molar refractivity (Wildman–Crippen MR) is 217 cm³/mol. The van der Waals surface area contributed by atoms with Crippen molar-refractivity contribution in [3.8, 4) is 46.0 Å². The number of rotatable bonds is 11. The van der Waals surface area contributed by atoms with Gasteiger partial charge >= 0.3 is 0 Å². The maximum atomic E-state index is 6.54. The summed E-state index contributed by atoms with van der Waals surface area (Å²) in [5.74, 6) is 5.12. The van der Waals surface area contributed by atoms with Crippen LogP contribution in [0.3, 0.4) is 0 Å². The minimum absolute atomic E-state index is 0.584. The molecule has 0 aromatic heterocycles. The molecule has 0 heterocycles. The predicted octanol–water partition coefficient (Wildman–Crippen LogP) is 14.8. The summed E-state index contributed by atoms with van der Waals surface area (Å²) in [7, 11) is 0. The Labute approximate surface area is 321 Å². The maximum absolute atomic E-state index is 6.54. The largest absolute Gasteiger partial charge is 0.456 e. The molecule has 0 aliphatic heterocycles. The summed E-state index contributed by atoms with van der Waals surface area (Å²) in [5, 5.41) is 0. The van der Waals surface area contributed by atoms with Crippen LogP contribution in [0.5, 0.6) is 46.0 Å². The van der Waals surface area contributed by atoms with E-state index in [1.54, 1.807) is 0 Å². The first kappa shape index (κ1) is 34.9. The molecule has 0 fully saturated rings. The SMILES string of the molecule is Cc1cc(C)c(N(c2cc(Oc3ccccc3)c(Br)c(Oc3ccccc3)c2)c2cc(Oc3ccccc3)c(Br)c(Oc3ccccc3)c2)c(C)c1. The minimum Gasteiger partial charge on any atom is -0.456 e. The van der Waals surface area contributed by atoms with Crippen LogP contribution in [0.1, 0.15) is 16.7 Å². The fraction of sp³-hybridized carbons (Fsp3) is 0.0667. The molecule has 7 rings (SSSR count). The summed E-state index contributed by atoms with van der Waals surface area (Å²) in [6.07, 6.45) is 0. The topological polar surface area (TPSA) is 40.2 Å². The first-order valence-corrected chi connectivity index (χ1v) is 18.4. The normalized spacial score (nSPS) is 10.8. The van der Waals surface area contributed by atoms with Gasteiger partial charge in [-0.15, -0.1) is 0 Å². The van der Waals surface area contributed by atoms with E-state index in [0.717, 1.165) is 28.2 Å². The molecule has 7 heteroatoms. The van der Waals surface area contributed by atoms with Crippen LogP contribution in [0.4, 0.5) is 17.1 Å². The molecule has 0 aliphatic carbocycles. The van der Waals surface area contributed by atoms with Crippen LogP contribution < -0.4 is 23.8 Å². The van der Waals surface area contributed by atoms with Gasteiger partial charge in [0, 0.05) is 24.3 Å². The first-order valence-electron chi connectivity index (χ1n) is 16.8. The van der Waals surface area contributed by atoms with Crippen molar-refractivity contribution in [2.75, 3.05) is 4.90 Å². The van der Waals surface area contributed by atoms with E-state index < -0.39 is 0 Å². The van der Waals surface area contributed by atoms with Gasteiger partial charge < -0.3 is 23.8 Å². The van der Waals surface area contributed by atoms with Crippen LogP contribution in [0.2, 0.25) is 0 Å². The Bertz CT molecular complexity index is 2020. The van der Waals surface area contributed by atoms with Crippen LogP contribution in [0.15, 0.2) is 167 Å². The van der Waals surface area contributed by atoms with Crippen molar-refractivity contribution in [3.05, 3.63) is 183 Å². The highest BCUT2D eigenvalue weighted by atomic mass is 79.9. The van der Waals surface area contributed by atoms with E-state index in [4.69, 9.17) is 18.9 Å². The number of halogens is 2. The molecule has 52 heavy (non-hydrogen) atoms. The lowest BCUT2D eigenvalue weighted by atomic mass is 10.0. The van der Waals surface area contributed by atoms with Gasteiger partial charge in [0.1, 0.15) is 54.9 Å². The van der Waals surface area contributed by atoms with Crippen molar-refractivity contribution < 1.29 is 18.9 Å². The van der Waals surface area contributed by atoms with E-state index in [2.05, 4.69) is 69.7 Å². The van der Waals surface area contributed by atoms with E-state index in [0.29, 0.717) is 54.9 Å². The van der Waals surface area contributed by atoms with Gasteiger partial charge in [0.25, 0.3) is 0 Å². The van der Waals surface area contributed by atoms with Crippen molar-refractivity contribution in [2.45, 2.75) is 20.8 Å². The molecule has 0 saturated carbocycles. The average molecular weight is 814 g/mol. The number of nitrogens with zero attached hydrogens (tertiary/aromatic N) is 1. The molecule has 0 amide bonds. The van der Waals surface area contributed by atoms with Crippen molar-refractivity contribution >= 4 is 48.9 Å². The van der Waals surface area contributed by atoms with Gasteiger partial charge in [-0.1, -0.05) is 90.5 Å².